The molecule has 1 aromatic heterocycles. The lowest BCUT2D eigenvalue weighted by atomic mass is 10.0. The lowest BCUT2D eigenvalue weighted by molar-refractivity contribution is 0.532. The Morgan fingerprint density at radius 2 is 2.15 bits per heavy atom. The fraction of sp³-hybridized carbons (Fsp3) is 0.375. The highest BCUT2D eigenvalue weighted by molar-refractivity contribution is 9.10. The lowest BCUT2D eigenvalue weighted by Gasteiger charge is -2.19. The number of thiophene rings is 1. The van der Waals surface area contributed by atoms with E-state index in [9.17, 15) is 4.39 Å². The molecule has 4 heteroatoms. The van der Waals surface area contributed by atoms with E-state index in [-0.39, 0.29) is 11.9 Å². The third kappa shape index (κ3) is 3.90. The fourth-order valence-electron chi connectivity index (χ4n) is 2.24. The van der Waals surface area contributed by atoms with Gasteiger partial charge in [-0.2, -0.15) is 0 Å². The van der Waals surface area contributed by atoms with Crippen molar-refractivity contribution in [1.82, 2.24) is 5.32 Å². The Bertz CT molecular complexity index is 567. The second kappa shape index (κ2) is 7.34. The molecule has 2 rings (SSSR count). The maximum Gasteiger partial charge on any atom is 0.123 e. The predicted octanol–water partition coefficient (Wildman–Crippen LogP) is 5.24. The van der Waals surface area contributed by atoms with Crippen LogP contribution >= 0.6 is 27.3 Å². The molecule has 0 aliphatic carbocycles. The van der Waals surface area contributed by atoms with Crippen molar-refractivity contribution in [3.8, 4) is 0 Å². The molecule has 1 heterocycles. The highest BCUT2D eigenvalue weighted by Crippen LogP contribution is 2.29. The summed E-state index contributed by atoms with van der Waals surface area (Å²) in [5.74, 6) is -0.180. The number of benzene rings is 1. The molecular weight excluding hydrogens is 337 g/mol. The predicted molar refractivity (Wildman–Crippen MR) is 87.9 cm³/mol. The maximum atomic E-state index is 13.4. The van der Waals surface area contributed by atoms with Gasteiger partial charge < -0.3 is 5.32 Å². The van der Waals surface area contributed by atoms with E-state index in [0.29, 0.717) is 0 Å². The Morgan fingerprint density at radius 1 is 1.35 bits per heavy atom. The van der Waals surface area contributed by atoms with Crippen LogP contribution in [0.15, 0.2) is 34.1 Å². The average molecular weight is 356 g/mol. The van der Waals surface area contributed by atoms with Gasteiger partial charge in [-0.25, -0.2) is 4.39 Å². The van der Waals surface area contributed by atoms with Crippen molar-refractivity contribution in [1.29, 1.82) is 0 Å². The molecule has 0 spiro atoms. The molecule has 0 aliphatic rings. The SMILES string of the molecule is CCCNC(Cc1cc(F)ccc1Br)c1sccc1C. The van der Waals surface area contributed by atoms with Crippen molar-refractivity contribution in [3.05, 3.63) is 55.9 Å². The molecule has 0 amide bonds. The molecule has 20 heavy (non-hydrogen) atoms. The zero-order valence-corrected chi connectivity index (χ0v) is 14.2. The molecule has 1 nitrogen and oxygen atoms in total. The topological polar surface area (TPSA) is 12.0 Å². The monoisotopic (exact) mass is 355 g/mol. The van der Waals surface area contributed by atoms with Crippen molar-refractivity contribution >= 4 is 27.3 Å². The molecule has 0 radical (unpaired) electrons. The molecule has 1 N–H and O–H groups in total. The number of rotatable bonds is 6. The molecule has 0 aliphatic heterocycles. The molecule has 0 fully saturated rings. The first-order valence-electron chi connectivity index (χ1n) is 6.83. The van der Waals surface area contributed by atoms with Gasteiger partial charge in [-0.1, -0.05) is 22.9 Å². The van der Waals surface area contributed by atoms with Crippen LogP contribution in [0.4, 0.5) is 4.39 Å². The first-order valence-corrected chi connectivity index (χ1v) is 8.50. The summed E-state index contributed by atoms with van der Waals surface area (Å²) in [6, 6.07) is 7.27. The minimum absolute atomic E-state index is 0.180. The Morgan fingerprint density at radius 3 is 2.80 bits per heavy atom. The Labute approximate surface area is 132 Å². The fourth-order valence-corrected chi connectivity index (χ4v) is 3.65. The molecule has 108 valence electrons. The lowest BCUT2D eigenvalue weighted by Crippen LogP contribution is -2.24. The third-order valence-electron chi connectivity index (χ3n) is 3.29. The maximum absolute atomic E-state index is 13.4. The van der Waals surface area contributed by atoms with E-state index < -0.39 is 0 Å². The number of aryl methyl sites for hydroxylation is 1. The van der Waals surface area contributed by atoms with Gasteiger partial charge in [-0.05, 0) is 67.1 Å². The largest absolute Gasteiger partial charge is 0.309 e. The zero-order chi connectivity index (χ0) is 14.5. The van der Waals surface area contributed by atoms with E-state index in [0.717, 1.165) is 29.4 Å². The van der Waals surface area contributed by atoms with Gasteiger partial charge >= 0.3 is 0 Å². The molecule has 0 saturated carbocycles. The van der Waals surface area contributed by atoms with Gasteiger partial charge in [-0.15, -0.1) is 11.3 Å². The van der Waals surface area contributed by atoms with Gasteiger partial charge in [-0.3, -0.25) is 0 Å². The first-order chi connectivity index (χ1) is 9.61. The van der Waals surface area contributed by atoms with Crippen molar-refractivity contribution in [2.24, 2.45) is 0 Å². The van der Waals surface area contributed by atoms with Crippen LogP contribution in [-0.4, -0.2) is 6.54 Å². The van der Waals surface area contributed by atoms with Crippen LogP contribution in [0.2, 0.25) is 0 Å². The van der Waals surface area contributed by atoms with Gasteiger partial charge in [0, 0.05) is 15.4 Å². The summed E-state index contributed by atoms with van der Waals surface area (Å²) in [4.78, 5) is 1.34. The standard InChI is InChI=1S/C16H19BrFNS/c1-3-7-19-15(16-11(2)6-8-20-16)10-12-9-13(18)4-5-14(12)17/h4-6,8-9,15,19H,3,7,10H2,1-2H3. The second-order valence-electron chi connectivity index (χ2n) is 4.91. The van der Waals surface area contributed by atoms with E-state index in [1.54, 1.807) is 23.5 Å². The van der Waals surface area contributed by atoms with Gasteiger partial charge in [0.2, 0.25) is 0 Å². The highest BCUT2D eigenvalue weighted by Gasteiger charge is 2.16. The smallest absolute Gasteiger partial charge is 0.123 e. The van der Waals surface area contributed by atoms with E-state index in [1.165, 1.54) is 16.5 Å². The van der Waals surface area contributed by atoms with Crippen molar-refractivity contribution in [3.63, 3.8) is 0 Å². The van der Waals surface area contributed by atoms with Crippen LogP contribution < -0.4 is 5.32 Å². The Kier molecular flexibility index (Phi) is 5.75. The van der Waals surface area contributed by atoms with Crippen molar-refractivity contribution < 1.29 is 4.39 Å². The Balaban J connectivity index is 2.23. The summed E-state index contributed by atoms with van der Waals surface area (Å²) in [5, 5.41) is 5.69. The van der Waals surface area contributed by atoms with Crippen molar-refractivity contribution in [2.45, 2.75) is 32.7 Å². The molecular formula is C16H19BrFNS. The Hall–Kier alpha value is -0.710. The van der Waals surface area contributed by atoms with E-state index >= 15 is 0 Å². The summed E-state index contributed by atoms with van der Waals surface area (Å²) >= 11 is 5.28. The summed E-state index contributed by atoms with van der Waals surface area (Å²) < 4.78 is 14.4. The third-order valence-corrected chi connectivity index (χ3v) is 5.20. The zero-order valence-electron chi connectivity index (χ0n) is 11.7. The van der Waals surface area contributed by atoms with Crippen LogP contribution in [0.5, 0.6) is 0 Å². The summed E-state index contributed by atoms with van der Waals surface area (Å²) in [5.41, 5.74) is 2.31. The van der Waals surface area contributed by atoms with Crippen molar-refractivity contribution in [2.75, 3.05) is 6.54 Å². The first kappa shape index (κ1) is 15.7. The van der Waals surface area contributed by atoms with E-state index in [1.807, 2.05) is 0 Å². The summed E-state index contributed by atoms with van der Waals surface area (Å²) in [6.45, 7) is 5.26. The quantitative estimate of drug-likeness (QED) is 0.746. The number of hydrogen-bond donors (Lipinski definition) is 1. The van der Waals surface area contributed by atoms with Crippen LogP contribution in [0.25, 0.3) is 0 Å². The minimum atomic E-state index is -0.180. The van der Waals surface area contributed by atoms with Crippen LogP contribution in [0.3, 0.4) is 0 Å². The van der Waals surface area contributed by atoms with Crippen LogP contribution in [0, 0.1) is 12.7 Å². The van der Waals surface area contributed by atoms with Gasteiger partial charge in [0.25, 0.3) is 0 Å². The molecule has 0 bridgehead atoms. The van der Waals surface area contributed by atoms with Gasteiger partial charge in [0.1, 0.15) is 5.82 Å². The van der Waals surface area contributed by atoms with Crippen LogP contribution in [-0.2, 0) is 6.42 Å². The van der Waals surface area contributed by atoms with E-state index in [4.69, 9.17) is 0 Å². The second-order valence-corrected chi connectivity index (χ2v) is 6.72. The van der Waals surface area contributed by atoms with Gasteiger partial charge in [0.15, 0.2) is 0 Å². The molecule has 0 saturated heterocycles. The highest BCUT2D eigenvalue weighted by atomic mass is 79.9. The summed E-state index contributed by atoms with van der Waals surface area (Å²) in [6.07, 6.45) is 1.88. The molecule has 1 aromatic carbocycles. The number of hydrogen-bond acceptors (Lipinski definition) is 2. The number of nitrogens with one attached hydrogen (secondary N) is 1. The average Bonchev–Trinajstić information content (AvgIpc) is 2.84. The molecule has 2 aromatic rings. The van der Waals surface area contributed by atoms with Crippen LogP contribution in [0.1, 0.15) is 35.4 Å². The molecule has 1 unspecified atom stereocenters. The minimum Gasteiger partial charge on any atom is -0.309 e. The normalized spacial score (nSPS) is 12.6. The van der Waals surface area contributed by atoms with E-state index in [2.05, 4.69) is 46.5 Å². The summed E-state index contributed by atoms with van der Waals surface area (Å²) in [7, 11) is 0. The van der Waals surface area contributed by atoms with Gasteiger partial charge in [0.05, 0.1) is 0 Å². The number of halogens is 2. The molecule has 1 atom stereocenters.